The lowest BCUT2D eigenvalue weighted by atomic mass is 10.0. The molecule has 0 aliphatic carbocycles. The summed E-state index contributed by atoms with van der Waals surface area (Å²) >= 11 is 0. The van der Waals surface area contributed by atoms with Crippen LogP contribution in [0.2, 0.25) is 0 Å². The zero-order valence-electron chi connectivity index (χ0n) is 9.33. The predicted molar refractivity (Wildman–Crippen MR) is 55.6 cm³/mol. The maximum Gasteiger partial charge on any atom is 0.170 e. The monoisotopic (exact) mass is 213 g/mol. The van der Waals surface area contributed by atoms with E-state index in [0.717, 1.165) is 45.7 Å². The van der Waals surface area contributed by atoms with Crippen LogP contribution in [-0.2, 0) is 14.3 Å². The zero-order valence-corrected chi connectivity index (χ0v) is 9.33. The largest absolute Gasteiger partial charge is 0.347 e. The van der Waals surface area contributed by atoms with E-state index in [1.165, 1.54) is 0 Å². The molecule has 2 heterocycles. The van der Waals surface area contributed by atoms with E-state index in [-0.39, 0.29) is 11.6 Å². The van der Waals surface area contributed by atoms with Crippen LogP contribution < -0.4 is 0 Å². The summed E-state index contributed by atoms with van der Waals surface area (Å²) in [6.45, 7) is 5.95. The number of likely N-dealkylation sites (tertiary alicyclic amines) is 1. The van der Waals surface area contributed by atoms with Gasteiger partial charge in [0.25, 0.3) is 0 Å². The molecular formula is C11H19NO3. The van der Waals surface area contributed by atoms with Crippen molar-refractivity contribution < 1.29 is 14.3 Å². The van der Waals surface area contributed by atoms with Crippen molar-refractivity contribution in [2.75, 3.05) is 32.8 Å². The minimum atomic E-state index is -0.285. The Hall–Kier alpha value is -0.450. The molecule has 2 aliphatic heterocycles. The minimum Gasteiger partial charge on any atom is -0.347 e. The lowest BCUT2D eigenvalue weighted by molar-refractivity contribution is -0.185. The van der Waals surface area contributed by atoms with Crippen LogP contribution in [0.25, 0.3) is 0 Å². The van der Waals surface area contributed by atoms with Crippen LogP contribution in [0.4, 0.5) is 0 Å². The molecule has 4 nitrogen and oxygen atoms in total. The van der Waals surface area contributed by atoms with Crippen LogP contribution in [0.15, 0.2) is 0 Å². The number of hydrogen-bond acceptors (Lipinski definition) is 4. The van der Waals surface area contributed by atoms with E-state index >= 15 is 0 Å². The number of carbonyl (C=O) groups excluding carboxylic acids is 1. The van der Waals surface area contributed by atoms with Crippen molar-refractivity contribution in [3.05, 3.63) is 0 Å². The van der Waals surface area contributed by atoms with Gasteiger partial charge < -0.3 is 14.4 Å². The number of ether oxygens (including phenoxy) is 2. The summed E-state index contributed by atoms with van der Waals surface area (Å²) in [4.78, 5) is 13.2. The smallest absolute Gasteiger partial charge is 0.170 e. The molecule has 0 aromatic heterocycles. The highest BCUT2D eigenvalue weighted by molar-refractivity contribution is 5.75. The molecule has 0 N–H and O–H groups in total. The van der Waals surface area contributed by atoms with Gasteiger partial charge in [-0.05, 0) is 6.92 Å². The average Bonchev–Trinajstić information content (AvgIpc) is 2.66. The highest BCUT2D eigenvalue weighted by Gasteiger charge is 2.39. The standard InChI is InChI=1S/C11H19NO3/c1-10(13)2-5-12-6-3-11(4-7-12)14-8-9-15-11/h2-9H2,1H3. The fourth-order valence-corrected chi connectivity index (χ4v) is 2.22. The molecule has 2 saturated heterocycles. The lowest BCUT2D eigenvalue weighted by Crippen LogP contribution is -2.45. The van der Waals surface area contributed by atoms with Crippen molar-refractivity contribution in [3.8, 4) is 0 Å². The van der Waals surface area contributed by atoms with Gasteiger partial charge in [-0.1, -0.05) is 0 Å². The van der Waals surface area contributed by atoms with E-state index in [1.54, 1.807) is 6.92 Å². The summed E-state index contributed by atoms with van der Waals surface area (Å²) in [5.41, 5.74) is 0. The molecule has 0 unspecified atom stereocenters. The first-order chi connectivity index (χ1) is 7.20. The van der Waals surface area contributed by atoms with E-state index in [0.29, 0.717) is 6.42 Å². The molecule has 15 heavy (non-hydrogen) atoms. The average molecular weight is 213 g/mol. The Labute approximate surface area is 90.5 Å². The van der Waals surface area contributed by atoms with Gasteiger partial charge in [-0.15, -0.1) is 0 Å². The lowest BCUT2D eigenvalue weighted by Gasteiger charge is -2.37. The van der Waals surface area contributed by atoms with Gasteiger partial charge in [-0.2, -0.15) is 0 Å². The quantitative estimate of drug-likeness (QED) is 0.695. The Balaban J connectivity index is 1.74. The Morgan fingerprint density at radius 2 is 1.87 bits per heavy atom. The molecule has 0 bridgehead atoms. The molecule has 0 radical (unpaired) electrons. The molecule has 0 atom stereocenters. The van der Waals surface area contributed by atoms with Crippen molar-refractivity contribution in [3.63, 3.8) is 0 Å². The zero-order chi connectivity index (χ0) is 10.7. The second-order valence-corrected chi connectivity index (χ2v) is 4.40. The molecular weight excluding hydrogens is 194 g/mol. The van der Waals surface area contributed by atoms with Gasteiger partial charge in [0.05, 0.1) is 13.2 Å². The van der Waals surface area contributed by atoms with E-state index in [2.05, 4.69) is 4.90 Å². The maximum absolute atomic E-state index is 10.9. The predicted octanol–water partition coefficient (Wildman–Crippen LogP) is 0.804. The number of Topliss-reactive ketones (excluding diaryl/α,β-unsaturated/α-hetero) is 1. The first-order valence-corrected chi connectivity index (χ1v) is 5.70. The van der Waals surface area contributed by atoms with Gasteiger partial charge in [0, 0.05) is 38.9 Å². The summed E-state index contributed by atoms with van der Waals surface area (Å²) in [6, 6.07) is 0. The number of carbonyl (C=O) groups is 1. The van der Waals surface area contributed by atoms with Crippen molar-refractivity contribution in [2.24, 2.45) is 0 Å². The number of piperidine rings is 1. The SMILES string of the molecule is CC(=O)CCN1CCC2(CC1)OCCO2. The van der Waals surface area contributed by atoms with Gasteiger partial charge in [0.15, 0.2) is 5.79 Å². The van der Waals surface area contributed by atoms with Crippen LogP contribution in [0.1, 0.15) is 26.2 Å². The van der Waals surface area contributed by atoms with Gasteiger partial charge in [0.1, 0.15) is 5.78 Å². The third-order valence-corrected chi connectivity index (χ3v) is 3.21. The Morgan fingerprint density at radius 3 is 2.40 bits per heavy atom. The minimum absolute atomic E-state index is 0.267. The van der Waals surface area contributed by atoms with Crippen LogP contribution >= 0.6 is 0 Å². The van der Waals surface area contributed by atoms with Crippen LogP contribution in [0.5, 0.6) is 0 Å². The molecule has 1 spiro atoms. The Kier molecular flexibility index (Phi) is 3.38. The maximum atomic E-state index is 10.9. The number of ketones is 1. The first-order valence-electron chi connectivity index (χ1n) is 5.70. The summed E-state index contributed by atoms with van der Waals surface area (Å²) in [6.07, 6.45) is 2.53. The molecule has 0 amide bonds. The topological polar surface area (TPSA) is 38.8 Å². The van der Waals surface area contributed by atoms with Crippen LogP contribution in [-0.4, -0.2) is 49.3 Å². The molecule has 2 rings (SSSR count). The fourth-order valence-electron chi connectivity index (χ4n) is 2.22. The molecule has 2 fully saturated rings. The number of nitrogens with zero attached hydrogens (tertiary/aromatic N) is 1. The summed E-state index contributed by atoms with van der Waals surface area (Å²) in [5, 5.41) is 0. The van der Waals surface area contributed by atoms with Crippen LogP contribution in [0.3, 0.4) is 0 Å². The summed E-state index contributed by atoms with van der Waals surface area (Å²) in [5.74, 6) is -0.0177. The molecule has 2 aliphatic rings. The van der Waals surface area contributed by atoms with E-state index in [9.17, 15) is 4.79 Å². The molecule has 0 aromatic carbocycles. The Morgan fingerprint density at radius 1 is 1.27 bits per heavy atom. The molecule has 86 valence electrons. The van der Waals surface area contributed by atoms with Crippen molar-refractivity contribution in [2.45, 2.75) is 32.0 Å². The van der Waals surface area contributed by atoms with E-state index in [4.69, 9.17) is 9.47 Å². The third kappa shape index (κ3) is 2.77. The summed E-state index contributed by atoms with van der Waals surface area (Å²) < 4.78 is 11.3. The highest BCUT2D eigenvalue weighted by Crippen LogP contribution is 2.31. The fraction of sp³-hybridized carbons (Fsp3) is 0.909. The number of hydrogen-bond donors (Lipinski definition) is 0. The van der Waals surface area contributed by atoms with Gasteiger partial charge in [-0.25, -0.2) is 0 Å². The second kappa shape index (κ2) is 4.60. The van der Waals surface area contributed by atoms with Crippen molar-refractivity contribution >= 4 is 5.78 Å². The molecule has 0 saturated carbocycles. The van der Waals surface area contributed by atoms with Crippen molar-refractivity contribution in [1.29, 1.82) is 0 Å². The summed E-state index contributed by atoms with van der Waals surface area (Å²) in [7, 11) is 0. The third-order valence-electron chi connectivity index (χ3n) is 3.21. The van der Waals surface area contributed by atoms with Crippen molar-refractivity contribution in [1.82, 2.24) is 4.90 Å². The molecule has 4 heteroatoms. The van der Waals surface area contributed by atoms with Gasteiger partial charge in [0.2, 0.25) is 0 Å². The first kappa shape index (κ1) is 11.0. The second-order valence-electron chi connectivity index (χ2n) is 4.40. The number of rotatable bonds is 3. The van der Waals surface area contributed by atoms with E-state index < -0.39 is 0 Å². The van der Waals surface area contributed by atoms with Crippen LogP contribution in [0, 0.1) is 0 Å². The Bertz CT molecular complexity index is 226. The normalized spacial score (nSPS) is 25.9. The van der Waals surface area contributed by atoms with Gasteiger partial charge in [-0.3, -0.25) is 4.79 Å². The van der Waals surface area contributed by atoms with E-state index in [1.807, 2.05) is 0 Å². The highest BCUT2D eigenvalue weighted by atomic mass is 16.7. The van der Waals surface area contributed by atoms with Gasteiger partial charge >= 0.3 is 0 Å². The molecule has 0 aromatic rings.